The molecule has 1 nitrogen and oxygen atoms in total. The number of aryl methyl sites for hydroxylation is 2. The lowest BCUT2D eigenvalue weighted by atomic mass is 10.1. The maximum absolute atomic E-state index is 5.78. The van der Waals surface area contributed by atoms with Crippen molar-refractivity contribution < 1.29 is 0 Å². The molecule has 0 aliphatic heterocycles. The van der Waals surface area contributed by atoms with E-state index in [4.69, 9.17) is 11.6 Å². The first-order valence-electron chi connectivity index (χ1n) is 4.36. The summed E-state index contributed by atoms with van der Waals surface area (Å²) in [7, 11) is 0. The van der Waals surface area contributed by atoms with E-state index in [0.29, 0.717) is 5.88 Å². The van der Waals surface area contributed by atoms with E-state index in [1.807, 2.05) is 0 Å². The van der Waals surface area contributed by atoms with Gasteiger partial charge in [-0.3, -0.25) is 0 Å². The molecule has 0 bridgehead atoms. The first kappa shape index (κ1) is 8.64. The number of rotatable bonds is 1. The van der Waals surface area contributed by atoms with Crippen molar-refractivity contribution in [2.75, 3.05) is 0 Å². The predicted molar refractivity (Wildman–Crippen MR) is 57.3 cm³/mol. The van der Waals surface area contributed by atoms with Crippen molar-refractivity contribution >= 4 is 22.5 Å². The highest BCUT2D eigenvalue weighted by molar-refractivity contribution is 6.17. The van der Waals surface area contributed by atoms with Crippen LogP contribution in [-0.4, -0.2) is 4.98 Å². The van der Waals surface area contributed by atoms with E-state index in [1.54, 1.807) is 0 Å². The van der Waals surface area contributed by atoms with Crippen molar-refractivity contribution in [3.63, 3.8) is 0 Å². The molecule has 2 heteroatoms. The van der Waals surface area contributed by atoms with Gasteiger partial charge in [0.2, 0.25) is 0 Å². The van der Waals surface area contributed by atoms with Crippen LogP contribution >= 0.6 is 11.6 Å². The lowest BCUT2D eigenvalue weighted by Gasteiger charge is -1.95. The highest BCUT2D eigenvalue weighted by Gasteiger charge is 2.03. The van der Waals surface area contributed by atoms with Gasteiger partial charge in [0.05, 0.1) is 0 Å². The fourth-order valence-electron chi connectivity index (χ4n) is 1.59. The van der Waals surface area contributed by atoms with Gasteiger partial charge in [-0.2, -0.15) is 0 Å². The number of halogens is 1. The highest BCUT2D eigenvalue weighted by Crippen LogP contribution is 2.22. The molecule has 1 heterocycles. The number of hydrogen-bond donors (Lipinski definition) is 1. The van der Waals surface area contributed by atoms with Crippen LogP contribution in [0.3, 0.4) is 0 Å². The zero-order chi connectivity index (χ0) is 9.42. The van der Waals surface area contributed by atoms with Gasteiger partial charge in [-0.1, -0.05) is 6.07 Å². The van der Waals surface area contributed by atoms with Gasteiger partial charge >= 0.3 is 0 Å². The Kier molecular flexibility index (Phi) is 2.04. The number of hydrogen-bond acceptors (Lipinski definition) is 0. The maximum atomic E-state index is 5.78. The van der Waals surface area contributed by atoms with Gasteiger partial charge in [0, 0.05) is 22.5 Å². The van der Waals surface area contributed by atoms with Crippen LogP contribution in [0.5, 0.6) is 0 Å². The molecule has 13 heavy (non-hydrogen) atoms. The third kappa shape index (κ3) is 1.33. The minimum atomic E-state index is 0.583. The average molecular weight is 194 g/mol. The van der Waals surface area contributed by atoms with Crippen molar-refractivity contribution in [2.45, 2.75) is 19.7 Å². The smallest absolute Gasteiger partial charge is 0.0474 e. The van der Waals surface area contributed by atoms with Crippen LogP contribution in [0.25, 0.3) is 10.9 Å². The first-order chi connectivity index (χ1) is 6.22. The van der Waals surface area contributed by atoms with Gasteiger partial charge in [-0.25, -0.2) is 0 Å². The standard InChI is InChI=1S/C11H12ClN/c1-7-8(2)13-11-4-3-9(6-12)5-10(7)11/h3-5,13H,6H2,1-2H3. The molecule has 0 unspecified atom stereocenters. The lowest BCUT2D eigenvalue weighted by molar-refractivity contribution is 1.25. The van der Waals surface area contributed by atoms with Crippen molar-refractivity contribution in [3.05, 3.63) is 35.0 Å². The van der Waals surface area contributed by atoms with Crippen molar-refractivity contribution in [1.29, 1.82) is 0 Å². The molecular weight excluding hydrogens is 182 g/mol. The van der Waals surface area contributed by atoms with Gasteiger partial charge in [-0.15, -0.1) is 11.6 Å². The Bertz CT molecular complexity index is 443. The number of H-pyrrole nitrogens is 1. The van der Waals surface area contributed by atoms with Crippen LogP contribution in [0.4, 0.5) is 0 Å². The molecule has 1 aromatic carbocycles. The van der Waals surface area contributed by atoms with Crippen LogP contribution in [0.2, 0.25) is 0 Å². The molecular formula is C11H12ClN. The van der Waals surface area contributed by atoms with Gasteiger partial charge in [0.1, 0.15) is 0 Å². The van der Waals surface area contributed by atoms with Gasteiger partial charge in [0.25, 0.3) is 0 Å². The second kappa shape index (κ2) is 3.08. The average Bonchev–Trinajstić information content (AvgIpc) is 2.43. The molecule has 0 atom stereocenters. The van der Waals surface area contributed by atoms with E-state index in [2.05, 4.69) is 37.0 Å². The van der Waals surface area contributed by atoms with Crippen molar-refractivity contribution in [3.8, 4) is 0 Å². The predicted octanol–water partition coefficient (Wildman–Crippen LogP) is 3.52. The molecule has 0 saturated heterocycles. The monoisotopic (exact) mass is 193 g/mol. The third-order valence-electron chi connectivity index (χ3n) is 2.53. The molecule has 2 aromatic rings. The number of benzene rings is 1. The Morgan fingerprint density at radius 1 is 1.31 bits per heavy atom. The Morgan fingerprint density at radius 2 is 2.08 bits per heavy atom. The fraction of sp³-hybridized carbons (Fsp3) is 0.273. The Morgan fingerprint density at radius 3 is 2.77 bits per heavy atom. The molecule has 0 aliphatic rings. The summed E-state index contributed by atoms with van der Waals surface area (Å²) < 4.78 is 0. The lowest BCUT2D eigenvalue weighted by Crippen LogP contribution is -1.77. The fourth-order valence-corrected chi connectivity index (χ4v) is 1.76. The minimum Gasteiger partial charge on any atom is -0.358 e. The van der Waals surface area contributed by atoms with Gasteiger partial charge in [0.15, 0.2) is 0 Å². The second-order valence-corrected chi connectivity index (χ2v) is 3.66. The second-order valence-electron chi connectivity index (χ2n) is 3.39. The van der Waals surface area contributed by atoms with Crippen LogP contribution in [-0.2, 0) is 5.88 Å². The SMILES string of the molecule is Cc1[nH]c2ccc(CCl)cc2c1C. The molecule has 0 spiro atoms. The number of aromatic amines is 1. The van der Waals surface area contributed by atoms with E-state index < -0.39 is 0 Å². The zero-order valence-electron chi connectivity index (χ0n) is 7.82. The topological polar surface area (TPSA) is 15.8 Å². The number of fused-ring (bicyclic) bond motifs is 1. The van der Waals surface area contributed by atoms with Gasteiger partial charge < -0.3 is 4.98 Å². The molecule has 0 radical (unpaired) electrons. The molecule has 1 N–H and O–H groups in total. The summed E-state index contributed by atoms with van der Waals surface area (Å²) in [5.74, 6) is 0.583. The summed E-state index contributed by atoms with van der Waals surface area (Å²) in [6.07, 6.45) is 0. The number of nitrogens with one attached hydrogen (secondary N) is 1. The molecule has 0 saturated carbocycles. The zero-order valence-corrected chi connectivity index (χ0v) is 8.57. The summed E-state index contributed by atoms with van der Waals surface area (Å²) >= 11 is 5.78. The van der Waals surface area contributed by atoms with Crippen LogP contribution in [0, 0.1) is 13.8 Å². The molecule has 0 fully saturated rings. The van der Waals surface area contributed by atoms with E-state index in [1.165, 1.54) is 27.7 Å². The van der Waals surface area contributed by atoms with E-state index >= 15 is 0 Å². The van der Waals surface area contributed by atoms with Crippen LogP contribution in [0.15, 0.2) is 18.2 Å². The first-order valence-corrected chi connectivity index (χ1v) is 4.89. The quantitative estimate of drug-likeness (QED) is 0.667. The number of alkyl halides is 1. The summed E-state index contributed by atoms with van der Waals surface area (Å²) in [5.41, 5.74) is 4.93. The molecule has 68 valence electrons. The van der Waals surface area contributed by atoms with E-state index in [-0.39, 0.29) is 0 Å². The van der Waals surface area contributed by atoms with Gasteiger partial charge in [-0.05, 0) is 37.1 Å². The van der Waals surface area contributed by atoms with Crippen LogP contribution in [0.1, 0.15) is 16.8 Å². The molecule has 0 amide bonds. The minimum absolute atomic E-state index is 0.583. The third-order valence-corrected chi connectivity index (χ3v) is 2.84. The van der Waals surface area contributed by atoms with E-state index in [9.17, 15) is 0 Å². The largest absolute Gasteiger partial charge is 0.358 e. The summed E-state index contributed by atoms with van der Waals surface area (Å²) in [6.45, 7) is 4.22. The maximum Gasteiger partial charge on any atom is 0.0474 e. The van der Waals surface area contributed by atoms with Crippen molar-refractivity contribution in [2.24, 2.45) is 0 Å². The summed E-state index contributed by atoms with van der Waals surface area (Å²) in [4.78, 5) is 3.33. The highest BCUT2D eigenvalue weighted by atomic mass is 35.5. The Hall–Kier alpha value is -0.950. The molecule has 2 rings (SSSR count). The van der Waals surface area contributed by atoms with Crippen LogP contribution < -0.4 is 0 Å². The Labute approximate surface area is 82.7 Å². The normalized spacial score (nSPS) is 11.0. The Balaban J connectivity index is 2.75. The molecule has 0 aliphatic carbocycles. The summed E-state index contributed by atoms with van der Waals surface area (Å²) in [6, 6.07) is 6.30. The summed E-state index contributed by atoms with van der Waals surface area (Å²) in [5, 5.41) is 1.29. The van der Waals surface area contributed by atoms with E-state index in [0.717, 1.165) is 0 Å². The molecule has 1 aromatic heterocycles. The number of aromatic nitrogens is 1. The van der Waals surface area contributed by atoms with Crippen molar-refractivity contribution in [1.82, 2.24) is 4.98 Å².